The van der Waals surface area contributed by atoms with E-state index in [4.69, 9.17) is 5.73 Å². The molecule has 82 valence electrons. The van der Waals surface area contributed by atoms with E-state index in [0.29, 0.717) is 5.82 Å². The molecule has 0 spiro atoms. The molecule has 0 atom stereocenters. The summed E-state index contributed by atoms with van der Waals surface area (Å²) in [6.07, 6.45) is 6.36. The number of nitrogen functional groups attached to an aromatic ring is 1. The molecule has 0 radical (unpaired) electrons. The lowest BCUT2D eigenvalue weighted by Crippen LogP contribution is -2.37. The van der Waals surface area contributed by atoms with Crippen molar-refractivity contribution >= 4 is 11.6 Å². The molecule has 4 heteroatoms. The van der Waals surface area contributed by atoms with Gasteiger partial charge in [0.1, 0.15) is 11.6 Å². The predicted octanol–water partition coefficient (Wildman–Crippen LogP) is 2.19. The van der Waals surface area contributed by atoms with Crippen molar-refractivity contribution in [1.29, 1.82) is 0 Å². The van der Waals surface area contributed by atoms with Crippen LogP contribution < -0.4 is 11.1 Å². The molecule has 0 bridgehead atoms. The minimum atomic E-state index is 0.184. The molecule has 1 aliphatic rings. The molecule has 0 aliphatic heterocycles. The third-order valence-electron chi connectivity index (χ3n) is 3.07. The maximum Gasteiger partial charge on any atom is 0.149 e. The first-order chi connectivity index (χ1) is 7.18. The average Bonchev–Trinajstić information content (AvgIpc) is 2.22. The van der Waals surface area contributed by atoms with Crippen LogP contribution >= 0.6 is 0 Å². The van der Waals surface area contributed by atoms with Gasteiger partial charge in [0.25, 0.3) is 0 Å². The van der Waals surface area contributed by atoms with E-state index in [2.05, 4.69) is 22.4 Å². The van der Waals surface area contributed by atoms with Crippen molar-refractivity contribution in [3.63, 3.8) is 0 Å². The Bertz CT molecular complexity index is 314. The van der Waals surface area contributed by atoms with Crippen LogP contribution in [-0.4, -0.2) is 15.7 Å². The van der Waals surface area contributed by atoms with Gasteiger partial charge >= 0.3 is 0 Å². The van der Waals surface area contributed by atoms with E-state index >= 15 is 0 Å². The Morgan fingerprint density at radius 2 is 1.93 bits per heavy atom. The van der Waals surface area contributed by atoms with E-state index in [1.165, 1.54) is 32.1 Å². The fourth-order valence-corrected chi connectivity index (χ4v) is 2.18. The van der Waals surface area contributed by atoms with Crippen molar-refractivity contribution < 1.29 is 0 Å². The molecule has 1 aromatic rings. The van der Waals surface area contributed by atoms with Gasteiger partial charge in [0.05, 0.1) is 0 Å². The van der Waals surface area contributed by atoms with Gasteiger partial charge in [0, 0.05) is 5.54 Å². The highest BCUT2D eigenvalue weighted by atomic mass is 15.2. The average molecular weight is 206 g/mol. The molecule has 1 saturated carbocycles. The Hall–Kier alpha value is -1.32. The quantitative estimate of drug-likeness (QED) is 0.778. The molecule has 1 aliphatic carbocycles. The number of nitrogens with two attached hydrogens (primary N) is 1. The highest BCUT2D eigenvalue weighted by Gasteiger charge is 2.26. The van der Waals surface area contributed by atoms with Crippen LogP contribution in [-0.2, 0) is 0 Å². The number of hydrogen-bond acceptors (Lipinski definition) is 4. The predicted molar refractivity (Wildman–Crippen MR) is 61.6 cm³/mol. The zero-order valence-corrected chi connectivity index (χ0v) is 9.16. The summed E-state index contributed by atoms with van der Waals surface area (Å²) in [7, 11) is 0. The zero-order valence-electron chi connectivity index (χ0n) is 9.16. The normalized spacial score (nSPS) is 19.8. The van der Waals surface area contributed by atoms with Crippen LogP contribution in [0.4, 0.5) is 11.6 Å². The van der Waals surface area contributed by atoms with Crippen LogP contribution in [0.25, 0.3) is 0 Å². The van der Waals surface area contributed by atoms with Crippen molar-refractivity contribution in [3.8, 4) is 0 Å². The highest BCUT2D eigenvalue weighted by molar-refractivity contribution is 5.40. The largest absolute Gasteiger partial charge is 0.382 e. The van der Waals surface area contributed by atoms with Gasteiger partial charge in [-0.05, 0) is 31.9 Å². The maximum atomic E-state index is 5.49. The minimum absolute atomic E-state index is 0.184. The summed E-state index contributed by atoms with van der Waals surface area (Å²) < 4.78 is 0. The Balaban J connectivity index is 2.03. The fourth-order valence-electron chi connectivity index (χ4n) is 2.18. The highest BCUT2D eigenvalue weighted by Crippen LogP contribution is 2.30. The van der Waals surface area contributed by atoms with Crippen molar-refractivity contribution in [3.05, 3.63) is 12.1 Å². The Labute approximate surface area is 90.3 Å². The summed E-state index contributed by atoms with van der Waals surface area (Å²) >= 11 is 0. The lowest BCUT2D eigenvalue weighted by atomic mass is 9.83. The van der Waals surface area contributed by atoms with Gasteiger partial charge in [-0.2, -0.15) is 0 Å². The summed E-state index contributed by atoms with van der Waals surface area (Å²) in [5.74, 6) is 1.29. The van der Waals surface area contributed by atoms with Crippen molar-refractivity contribution in [2.75, 3.05) is 11.1 Å². The zero-order chi connectivity index (χ0) is 10.7. The van der Waals surface area contributed by atoms with E-state index < -0.39 is 0 Å². The van der Waals surface area contributed by atoms with Crippen LogP contribution in [0.5, 0.6) is 0 Å². The van der Waals surface area contributed by atoms with Crippen LogP contribution in [0.1, 0.15) is 39.0 Å². The minimum Gasteiger partial charge on any atom is -0.382 e. The molecule has 0 aromatic carbocycles. The second-order valence-corrected chi connectivity index (χ2v) is 4.59. The van der Waals surface area contributed by atoms with Gasteiger partial charge in [-0.25, -0.2) is 0 Å². The number of hydrogen-bond donors (Lipinski definition) is 2. The molecule has 2 rings (SSSR count). The number of aromatic nitrogens is 2. The molecule has 0 unspecified atom stereocenters. The second kappa shape index (κ2) is 4.04. The van der Waals surface area contributed by atoms with E-state index in [1.54, 1.807) is 6.07 Å². The summed E-state index contributed by atoms with van der Waals surface area (Å²) in [5.41, 5.74) is 5.67. The molecule has 0 saturated heterocycles. The van der Waals surface area contributed by atoms with Gasteiger partial charge in [0.2, 0.25) is 0 Å². The molecule has 0 amide bonds. The molecule has 1 fully saturated rings. The van der Waals surface area contributed by atoms with Crippen molar-refractivity contribution in [2.24, 2.45) is 0 Å². The summed E-state index contributed by atoms with van der Waals surface area (Å²) in [4.78, 5) is 0. The van der Waals surface area contributed by atoms with Crippen LogP contribution in [0.2, 0.25) is 0 Å². The van der Waals surface area contributed by atoms with Crippen LogP contribution in [0.15, 0.2) is 12.1 Å². The molecule has 1 aromatic heterocycles. The van der Waals surface area contributed by atoms with Gasteiger partial charge in [-0.1, -0.05) is 19.3 Å². The number of rotatable bonds is 2. The van der Waals surface area contributed by atoms with Crippen molar-refractivity contribution in [1.82, 2.24) is 10.2 Å². The SMILES string of the molecule is CC1(Nc2ccc(N)nn2)CCCCC1. The first kappa shape index (κ1) is 10.2. The lowest BCUT2D eigenvalue weighted by molar-refractivity contribution is 0.348. The first-order valence-corrected chi connectivity index (χ1v) is 5.55. The van der Waals surface area contributed by atoms with E-state index in [1.807, 2.05) is 6.07 Å². The number of nitrogens with zero attached hydrogens (tertiary/aromatic N) is 2. The van der Waals surface area contributed by atoms with Gasteiger partial charge < -0.3 is 11.1 Å². The molecule has 1 heterocycles. The standard InChI is InChI=1S/C11H18N4/c1-11(7-3-2-4-8-11)13-10-6-5-9(12)14-15-10/h5-6H,2-4,7-8H2,1H3,(H2,12,14)(H,13,15). The topological polar surface area (TPSA) is 63.8 Å². The lowest BCUT2D eigenvalue weighted by Gasteiger charge is -2.34. The van der Waals surface area contributed by atoms with Crippen LogP contribution in [0, 0.1) is 0 Å². The molecular formula is C11H18N4. The van der Waals surface area contributed by atoms with Gasteiger partial charge in [-0.3, -0.25) is 0 Å². The van der Waals surface area contributed by atoms with Crippen LogP contribution in [0.3, 0.4) is 0 Å². The summed E-state index contributed by atoms with van der Waals surface area (Å²) in [6, 6.07) is 3.67. The van der Waals surface area contributed by atoms with Gasteiger partial charge in [0.15, 0.2) is 0 Å². The molecule has 15 heavy (non-hydrogen) atoms. The number of anilines is 2. The monoisotopic (exact) mass is 206 g/mol. The molecule has 3 N–H and O–H groups in total. The summed E-state index contributed by atoms with van der Waals surface area (Å²) in [5, 5.41) is 11.3. The Kier molecular flexibility index (Phi) is 2.75. The Morgan fingerprint density at radius 1 is 1.20 bits per heavy atom. The van der Waals surface area contributed by atoms with Crippen molar-refractivity contribution in [2.45, 2.75) is 44.6 Å². The number of nitrogens with one attached hydrogen (secondary N) is 1. The smallest absolute Gasteiger partial charge is 0.149 e. The third kappa shape index (κ3) is 2.58. The molecular weight excluding hydrogens is 188 g/mol. The van der Waals surface area contributed by atoms with E-state index in [0.717, 1.165) is 5.82 Å². The third-order valence-corrected chi connectivity index (χ3v) is 3.07. The van der Waals surface area contributed by atoms with Gasteiger partial charge in [-0.15, -0.1) is 10.2 Å². The van der Waals surface area contributed by atoms with E-state index in [-0.39, 0.29) is 5.54 Å². The summed E-state index contributed by atoms with van der Waals surface area (Å²) in [6.45, 7) is 2.25. The second-order valence-electron chi connectivity index (χ2n) is 4.59. The Morgan fingerprint density at radius 3 is 2.53 bits per heavy atom. The van der Waals surface area contributed by atoms with E-state index in [9.17, 15) is 0 Å². The fraction of sp³-hybridized carbons (Fsp3) is 0.636. The maximum absolute atomic E-state index is 5.49. The molecule has 4 nitrogen and oxygen atoms in total. The first-order valence-electron chi connectivity index (χ1n) is 5.55.